The van der Waals surface area contributed by atoms with E-state index in [1.807, 2.05) is 13.0 Å². The van der Waals surface area contributed by atoms with Crippen molar-refractivity contribution in [2.45, 2.75) is 45.6 Å². The number of unbranched alkanes of at least 4 members (excludes halogenated alkanes) is 2. The van der Waals surface area contributed by atoms with Crippen molar-refractivity contribution in [3.63, 3.8) is 0 Å². The highest BCUT2D eigenvalue weighted by molar-refractivity contribution is 6.46. The molecule has 1 unspecified atom stereocenters. The number of rotatable bonds is 9. The van der Waals surface area contributed by atoms with Crippen LogP contribution in [0.4, 0.5) is 0 Å². The molecule has 0 aromatic heterocycles. The minimum atomic E-state index is -0.708. The Labute approximate surface area is 199 Å². The van der Waals surface area contributed by atoms with Crippen LogP contribution in [0.25, 0.3) is 5.76 Å². The molecule has 0 saturated carbocycles. The largest absolute Gasteiger partial charge is 0.507 e. The van der Waals surface area contributed by atoms with Gasteiger partial charge in [-0.1, -0.05) is 32.8 Å². The Hall–Kier alpha value is -3.48. The van der Waals surface area contributed by atoms with E-state index in [4.69, 9.17) is 14.2 Å². The second-order valence-corrected chi connectivity index (χ2v) is 8.48. The van der Waals surface area contributed by atoms with E-state index in [1.165, 1.54) is 4.90 Å². The molecule has 0 spiro atoms. The summed E-state index contributed by atoms with van der Waals surface area (Å²) in [7, 11) is 0. The Balaban J connectivity index is 1.68. The molecule has 2 aliphatic heterocycles. The third-order valence-electron chi connectivity index (χ3n) is 6.03. The normalized spacial score (nSPS) is 18.9. The van der Waals surface area contributed by atoms with E-state index in [0.717, 1.165) is 19.3 Å². The minimum absolute atomic E-state index is 0.0757. The highest BCUT2D eigenvalue weighted by atomic mass is 16.6. The first-order valence-corrected chi connectivity index (χ1v) is 12.0. The number of benzene rings is 2. The molecule has 1 amide bonds. The number of aliphatic hydroxyl groups is 1. The number of ketones is 1. The van der Waals surface area contributed by atoms with Gasteiger partial charge in [0.2, 0.25) is 0 Å². The maximum Gasteiger partial charge on any atom is 0.295 e. The van der Waals surface area contributed by atoms with E-state index in [2.05, 4.69) is 6.92 Å². The predicted molar refractivity (Wildman–Crippen MR) is 128 cm³/mol. The summed E-state index contributed by atoms with van der Waals surface area (Å²) in [4.78, 5) is 27.5. The molecular formula is C27H31NO6. The molecule has 34 heavy (non-hydrogen) atoms. The van der Waals surface area contributed by atoms with Gasteiger partial charge >= 0.3 is 0 Å². The molecular weight excluding hydrogens is 434 g/mol. The maximum atomic E-state index is 13.1. The number of likely N-dealkylation sites (tertiary alicyclic amines) is 1. The van der Waals surface area contributed by atoms with Gasteiger partial charge in [-0.2, -0.15) is 0 Å². The molecule has 180 valence electrons. The van der Waals surface area contributed by atoms with Crippen LogP contribution in [0.3, 0.4) is 0 Å². The number of aliphatic hydroxyl groups excluding tert-OH is 1. The highest BCUT2D eigenvalue weighted by Crippen LogP contribution is 2.42. The van der Waals surface area contributed by atoms with Crippen LogP contribution in [0.2, 0.25) is 0 Å². The van der Waals surface area contributed by atoms with Gasteiger partial charge in [0.1, 0.15) is 24.7 Å². The Kier molecular flexibility index (Phi) is 7.40. The molecule has 0 radical (unpaired) electrons. The van der Waals surface area contributed by atoms with Crippen molar-refractivity contribution in [2.24, 2.45) is 0 Å². The van der Waals surface area contributed by atoms with Crippen LogP contribution < -0.4 is 14.2 Å². The van der Waals surface area contributed by atoms with Crippen molar-refractivity contribution in [1.82, 2.24) is 4.90 Å². The molecule has 7 heteroatoms. The number of nitrogens with zero attached hydrogens (tertiary/aromatic N) is 1. The van der Waals surface area contributed by atoms with Gasteiger partial charge in [0, 0.05) is 12.1 Å². The predicted octanol–water partition coefficient (Wildman–Crippen LogP) is 4.86. The zero-order chi connectivity index (χ0) is 24.1. The first-order chi connectivity index (χ1) is 16.5. The van der Waals surface area contributed by atoms with Crippen molar-refractivity contribution >= 4 is 17.4 Å². The maximum absolute atomic E-state index is 13.1. The van der Waals surface area contributed by atoms with Crippen LogP contribution in [-0.4, -0.2) is 48.1 Å². The van der Waals surface area contributed by atoms with Crippen LogP contribution in [0.15, 0.2) is 48.0 Å². The van der Waals surface area contributed by atoms with Gasteiger partial charge in [0.15, 0.2) is 11.5 Å². The van der Waals surface area contributed by atoms with Gasteiger partial charge in [0.05, 0.1) is 18.2 Å². The summed E-state index contributed by atoms with van der Waals surface area (Å²) in [6.07, 6.45) is 3.89. The summed E-state index contributed by atoms with van der Waals surface area (Å²) in [6, 6.07) is 11.6. The zero-order valence-electron chi connectivity index (χ0n) is 19.7. The Bertz CT molecular complexity index is 1080. The molecule has 1 fully saturated rings. The average Bonchev–Trinajstić information content (AvgIpc) is 3.11. The monoisotopic (exact) mass is 465 g/mol. The fourth-order valence-electron chi connectivity index (χ4n) is 4.33. The molecule has 2 aromatic rings. The number of fused-ring (bicyclic) bond motifs is 1. The lowest BCUT2D eigenvalue weighted by molar-refractivity contribution is -0.139. The van der Waals surface area contributed by atoms with E-state index in [9.17, 15) is 14.7 Å². The van der Waals surface area contributed by atoms with E-state index >= 15 is 0 Å². The summed E-state index contributed by atoms with van der Waals surface area (Å²) < 4.78 is 17.1. The van der Waals surface area contributed by atoms with Gasteiger partial charge in [-0.05, 0) is 54.8 Å². The fraction of sp³-hybridized carbons (Fsp3) is 0.407. The summed E-state index contributed by atoms with van der Waals surface area (Å²) in [6.45, 7) is 6.01. The summed E-state index contributed by atoms with van der Waals surface area (Å²) >= 11 is 0. The van der Waals surface area contributed by atoms with Crippen LogP contribution in [0, 0.1) is 0 Å². The quantitative estimate of drug-likeness (QED) is 0.246. The zero-order valence-corrected chi connectivity index (χ0v) is 19.7. The standard InChI is InChI=1S/C27H31NO6/c1-3-5-6-14-32-20-10-7-18(8-11-20)25(29)23-24(28(13-4-2)27(31)26(23)30)19-9-12-21-22(17-19)34-16-15-33-21/h7-12,17,24,29H,3-6,13-16H2,1-2H3/b25-23-. The van der Waals surface area contributed by atoms with Gasteiger partial charge in [-0.3, -0.25) is 9.59 Å². The van der Waals surface area contributed by atoms with Crippen LogP contribution in [0.5, 0.6) is 17.2 Å². The van der Waals surface area contributed by atoms with Gasteiger partial charge in [0.25, 0.3) is 11.7 Å². The molecule has 0 aliphatic carbocycles. The molecule has 2 aliphatic rings. The molecule has 1 N–H and O–H groups in total. The lowest BCUT2D eigenvalue weighted by atomic mass is 9.95. The Morgan fingerprint density at radius 1 is 1.00 bits per heavy atom. The first kappa shape index (κ1) is 23.7. The molecule has 4 rings (SSSR count). The molecule has 7 nitrogen and oxygen atoms in total. The van der Waals surface area contributed by atoms with Crippen molar-refractivity contribution in [2.75, 3.05) is 26.4 Å². The molecule has 1 atom stereocenters. The summed E-state index contributed by atoms with van der Waals surface area (Å²) in [5.41, 5.74) is 1.22. The van der Waals surface area contributed by atoms with Crippen molar-refractivity contribution in [3.05, 3.63) is 59.2 Å². The lowest BCUT2D eigenvalue weighted by Gasteiger charge is -2.26. The topological polar surface area (TPSA) is 85.3 Å². The van der Waals surface area contributed by atoms with Gasteiger partial charge < -0.3 is 24.2 Å². The molecule has 1 saturated heterocycles. The van der Waals surface area contributed by atoms with E-state index in [1.54, 1.807) is 36.4 Å². The van der Waals surface area contributed by atoms with E-state index in [-0.39, 0.29) is 11.3 Å². The smallest absolute Gasteiger partial charge is 0.295 e. The third kappa shape index (κ3) is 4.74. The first-order valence-electron chi connectivity index (χ1n) is 12.0. The number of hydrogen-bond acceptors (Lipinski definition) is 6. The fourth-order valence-corrected chi connectivity index (χ4v) is 4.33. The SMILES string of the molecule is CCCCCOc1ccc(/C(O)=C2/C(=O)C(=O)N(CCC)C2c2ccc3c(c2)OCCO3)cc1. The van der Waals surface area contributed by atoms with Crippen molar-refractivity contribution < 1.29 is 28.9 Å². The van der Waals surface area contributed by atoms with E-state index in [0.29, 0.717) is 61.2 Å². The number of carbonyl (C=O) groups is 2. The second kappa shape index (κ2) is 10.6. The number of Topliss-reactive ketones (excluding diaryl/α,β-unsaturated/α-hetero) is 1. The van der Waals surface area contributed by atoms with Crippen LogP contribution in [-0.2, 0) is 9.59 Å². The lowest BCUT2D eigenvalue weighted by Crippen LogP contribution is -2.30. The highest BCUT2D eigenvalue weighted by Gasteiger charge is 2.46. The molecule has 2 heterocycles. The summed E-state index contributed by atoms with van der Waals surface area (Å²) in [5, 5.41) is 11.2. The van der Waals surface area contributed by atoms with Crippen molar-refractivity contribution in [3.8, 4) is 17.2 Å². The Morgan fingerprint density at radius 3 is 2.44 bits per heavy atom. The Morgan fingerprint density at radius 2 is 1.74 bits per heavy atom. The minimum Gasteiger partial charge on any atom is -0.507 e. The van der Waals surface area contributed by atoms with Crippen LogP contribution in [0.1, 0.15) is 56.7 Å². The summed E-state index contributed by atoms with van der Waals surface area (Å²) in [5.74, 6) is 0.383. The van der Waals surface area contributed by atoms with E-state index < -0.39 is 17.7 Å². The van der Waals surface area contributed by atoms with Gasteiger partial charge in [-0.25, -0.2) is 0 Å². The molecule has 0 bridgehead atoms. The number of ether oxygens (including phenoxy) is 3. The van der Waals surface area contributed by atoms with Crippen LogP contribution >= 0.6 is 0 Å². The van der Waals surface area contributed by atoms with Crippen molar-refractivity contribution in [1.29, 1.82) is 0 Å². The average molecular weight is 466 g/mol. The number of carbonyl (C=O) groups excluding carboxylic acids is 2. The van der Waals surface area contributed by atoms with Gasteiger partial charge in [-0.15, -0.1) is 0 Å². The molecule has 2 aromatic carbocycles. The third-order valence-corrected chi connectivity index (χ3v) is 6.03. The second-order valence-electron chi connectivity index (χ2n) is 8.48. The number of amides is 1. The number of hydrogen-bond donors (Lipinski definition) is 1.